The number of carbonyl (C=O) groups is 1. The van der Waals surface area contributed by atoms with Crippen molar-refractivity contribution in [2.45, 2.75) is 29.4 Å². The number of nitrogens with one attached hydrogen (secondary N) is 1. The lowest BCUT2D eigenvalue weighted by Gasteiger charge is -2.15. The van der Waals surface area contributed by atoms with Gasteiger partial charge in [0.25, 0.3) is 5.91 Å². The molecule has 31 heavy (non-hydrogen) atoms. The molecule has 5 rings (SSSR count). The largest absolute Gasteiger partial charge is 0.325 e. The number of benzene rings is 2. The van der Waals surface area contributed by atoms with Gasteiger partial charge in [-0.05, 0) is 43.2 Å². The lowest BCUT2D eigenvalue weighted by atomic mass is 10.1. The standard InChI is InChI=1S/C22H22N4O3S2/c27-21(16-7-9-17(10-8-16)31(28,29)26-11-3-4-12-26)23-19-6-2-1-5-18(19)20-15-25-13-14-30-22(25)24-20/h1-2,5-10,15H,3-4,11-14H2,(H,23,27). The average molecular weight is 455 g/mol. The van der Waals surface area contributed by atoms with Gasteiger partial charge in [-0.2, -0.15) is 4.31 Å². The zero-order valence-corrected chi connectivity index (χ0v) is 18.5. The summed E-state index contributed by atoms with van der Waals surface area (Å²) in [5, 5.41) is 3.94. The van der Waals surface area contributed by atoms with Gasteiger partial charge >= 0.3 is 0 Å². The zero-order chi connectivity index (χ0) is 21.4. The Kier molecular flexibility index (Phi) is 5.33. The van der Waals surface area contributed by atoms with Crippen molar-refractivity contribution in [2.75, 3.05) is 24.2 Å². The normalized spacial score (nSPS) is 16.4. The number of carbonyl (C=O) groups excluding carboxylic acids is 1. The van der Waals surface area contributed by atoms with Crippen LogP contribution in [0.2, 0.25) is 0 Å². The minimum atomic E-state index is -3.49. The molecule has 0 radical (unpaired) electrons. The van der Waals surface area contributed by atoms with E-state index in [0.29, 0.717) is 24.3 Å². The number of imidazole rings is 1. The monoisotopic (exact) mass is 454 g/mol. The van der Waals surface area contributed by atoms with Crippen LogP contribution < -0.4 is 5.32 Å². The molecule has 3 aromatic rings. The van der Waals surface area contributed by atoms with E-state index in [9.17, 15) is 13.2 Å². The van der Waals surface area contributed by atoms with Gasteiger partial charge in [0, 0.05) is 42.7 Å². The van der Waals surface area contributed by atoms with Crippen LogP contribution in [0.3, 0.4) is 0 Å². The topological polar surface area (TPSA) is 84.3 Å². The number of para-hydroxylation sites is 1. The summed E-state index contributed by atoms with van der Waals surface area (Å²) in [6, 6.07) is 13.7. The second-order valence-electron chi connectivity index (χ2n) is 7.59. The molecule has 0 saturated carbocycles. The van der Waals surface area contributed by atoms with Crippen molar-refractivity contribution in [2.24, 2.45) is 0 Å². The van der Waals surface area contributed by atoms with Gasteiger partial charge in [0.1, 0.15) is 0 Å². The van der Waals surface area contributed by atoms with Crippen molar-refractivity contribution in [1.29, 1.82) is 0 Å². The fraction of sp³-hybridized carbons (Fsp3) is 0.273. The third-order valence-electron chi connectivity index (χ3n) is 5.57. The maximum atomic E-state index is 12.9. The van der Waals surface area contributed by atoms with Crippen molar-refractivity contribution in [1.82, 2.24) is 13.9 Å². The first kappa shape index (κ1) is 20.3. The summed E-state index contributed by atoms with van der Waals surface area (Å²) in [6.45, 7) is 2.04. The molecule has 1 amide bonds. The summed E-state index contributed by atoms with van der Waals surface area (Å²) in [5.74, 6) is 0.739. The van der Waals surface area contributed by atoms with Crippen molar-refractivity contribution < 1.29 is 13.2 Å². The van der Waals surface area contributed by atoms with E-state index >= 15 is 0 Å². The highest BCUT2D eigenvalue weighted by atomic mass is 32.2. The smallest absolute Gasteiger partial charge is 0.255 e. The third-order valence-corrected chi connectivity index (χ3v) is 8.46. The molecule has 160 valence electrons. The van der Waals surface area contributed by atoms with Crippen LogP contribution in [0.5, 0.6) is 0 Å². The van der Waals surface area contributed by atoms with Crippen LogP contribution in [-0.4, -0.2) is 47.0 Å². The van der Waals surface area contributed by atoms with Crippen molar-refractivity contribution >= 4 is 33.4 Å². The molecule has 0 bridgehead atoms. The molecule has 0 spiro atoms. The number of fused-ring (bicyclic) bond motifs is 1. The summed E-state index contributed by atoms with van der Waals surface area (Å²) in [7, 11) is -3.49. The van der Waals surface area contributed by atoms with Crippen molar-refractivity contribution in [3.63, 3.8) is 0 Å². The zero-order valence-electron chi connectivity index (χ0n) is 16.8. The Bertz CT molecular complexity index is 1210. The molecule has 1 fully saturated rings. The van der Waals surface area contributed by atoms with Crippen molar-refractivity contribution in [3.05, 3.63) is 60.3 Å². The molecule has 0 atom stereocenters. The van der Waals surface area contributed by atoms with Crippen LogP contribution in [0, 0.1) is 0 Å². The van der Waals surface area contributed by atoms with Crippen LogP contribution in [0.25, 0.3) is 11.3 Å². The molecule has 3 heterocycles. The van der Waals surface area contributed by atoms with E-state index in [4.69, 9.17) is 0 Å². The molecule has 1 aromatic heterocycles. The maximum absolute atomic E-state index is 12.9. The Morgan fingerprint density at radius 3 is 2.48 bits per heavy atom. The fourth-order valence-electron chi connectivity index (χ4n) is 3.91. The number of amides is 1. The number of aromatic nitrogens is 2. The highest BCUT2D eigenvalue weighted by Crippen LogP contribution is 2.32. The Hall–Kier alpha value is -2.62. The van der Waals surface area contributed by atoms with Gasteiger partial charge in [-0.3, -0.25) is 4.79 Å². The summed E-state index contributed by atoms with van der Waals surface area (Å²) in [4.78, 5) is 17.8. The lowest BCUT2D eigenvalue weighted by Crippen LogP contribution is -2.27. The van der Waals surface area contributed by atoms with E-state index in [0.717, 1.165) is 41.6 Å². The summed E-state index contributed by atoms with van der Waals surface area (Å²) in [5.41, 5.74) is 2.75. The first-order valence-corrected chi connectivity index (χ1v) is 12.7. The summed E-state index contributed by atoms with van der Waals surface area (Å²) >= 11 is 1.72. The molecule has 2 aromatic carbocycles. The maximum Gasteiger partial charge on any atom is 0.255 e. The van der Waals surface area contributed by atoms with Gasteiger partial charge in [-0.1, -0.05) is 30.0 Å². The average Bonchev–Trinajstić information content (AvgIpc) is 3.52. The van der Waals surface area contributed by atoms with Gasteiger partial charge in [0.2, 0.25) is 10.0 Å². The molecule has 0 unspecified atom stereocenters. The van der Waals surface area contributed by atoms with Crippen LogP contribution in [-0.2, 0) is 16.6 Å². The Morgan fingerprint density at radius 1 is 1.00 bits per heavy atom. The Balaban J connectivity index is 1.36. The highest BCUT2D eigenvalue weighted by Gasteiger charge is 2.27. The van der Waals surface area contributed by atoms with Gasteiger partial charge in [0.05, 0.1) is 16.3 Å². The molecule has 0 aliphatic carbocycles. The summed E-state index contributed by atoms with van der Waals surface area (Å²) < 4.78 is 29.0. The molecule has 9 heteroatoms. The number of nitrogens with zero attached hydrogens (tertiary/aromatic N) is 3. The second-order valence-corrected chi connectivity index (χ2v) is 10.6. The van der Waals surface area contributed by atoms with E-state index in [2.05, 4.69) is 14.9 Å². The SMILES string of the molecule is O=C(Nc1ccccc1-c1cn2c(n1)SCC2)c1ccc(S(=O)(=O)N2CCCC2)cc1. The molecule has 1 N–H and O–H groups in total. The molecular formula is C22H22N4O3S2. The van der Waals surface area contributed by atoms with E-state index in [1.165, 1.54) is 16.4 Å². The number of hydrogen-bond donors (Lipinski definition) is 1. The molecular weight excluding hydrogens is 432 g/mol. The van der Waals surface area contributed by atoms with Crippen LogP contribution in [0.4, 0.5) is 5.69 Å². The number of thioether (sulfide) groups is 1. The number of anilines is 1. The molecule has 1 saturated heterocycles. The minimum absolute atomic E-state index is 0.219. The Labute approximate surface area is 185 Å². The first-order chi connectivity index (χ1) is 15.0. The minimum Gasteiger partial charge on any atom is -0.325 e. The van der Waals surface area contributed by atoms with Crippen LogP contribution in [0.1, 0.15) is 23.2 Å². The third kappa shape index (κ3) is 3.88. The number of hydrogen-bond acceptors (Lipinski definition) is 5. The predicted octanol–water partition coefficient (Wildman–Crippen LogP) is 3.69. The van der Waals surface area contributed by atoms with Crippen molar-refractivity contribution in [3.8, 4) is 11.3 Å². The van der Waals surface area contributed by atoms with Gasteiger partial charge in [-0.15, -0.1) is 0 Å². The molecule has 2 aliphatic rings. The van der Waals surface area contributed by atoms with E-state index in [1.54, 1.807) is 23.9 Å². The quantitative estimate of drug-likeness (QED) is 0.636. The number of aryl methyl sites for hydroxylation is 1. The Morgan fingerprint density at radius 2 is 1.74 bits per heavy atom. The lowest BCUT2D eigenvalue weighted by molar-refractivity contribution is 0.102. The van der Waals surface area contributed by atoms with Gasteiger partial charge in [-0.25, -0.2) is 13.4 Å². The summed E-state index contributed by atoms with van der Waals surface area (Å²) in [6.07, 6.45) is 3.79. The number of sulfonamides is 1. The van der Waals surface area contributed by atoms with Crippen LogP contribution >= 0.6 is 11.8 Å². The van der Waals surface area contributed by atoms with Gasteiger partial charge < -0.3 is 9.88 Å². The molecule has 7 nitrogen and oxygen atoms in total. The predicted molar refractivity (Wildman–Crippen MR) is 121 cm³/mol. The van der Waals surface area contributed by atoms with Gasteiger partial charge in [0.15, 0.2) is 5.16 Å². The fourth-order valence-corrected chi connectivity index (χ4v) is 6.37. The molecule has 2 aliphatic heterocycles. The number of rotatable bonds is 5. The van der Waals surface area contributed by atoms with E-state index < -0.39 is 10.0 Å². The van der Waals surface area contributed by atoms with E-state index in [-0.39, 0.29) is 10.8 Å². The first-order valence-electron chi connectivity index (χ1n) is 10.2. The second kappa shape index (κ2) is 8.14. The highest BCUT2D eigenvalue weighted by molar-refractivity contribution is 7.99. The van der Waals surface area contributed by atoms with E-state index in [1.807, 2.05) is 30.5 Å². The van der Waals surface area contributed by atoms with Crippen LogP contribution in [0.15, 0.2) is 64.8 Å².